The summed E-state index contributed by atoms with van der Waals surface area (Å²) < 4.78 is 19.7. The Morgan fingerprint density at radius 1 is 1.33 bits per heavy atom. The summed E-state index contributed by atoms with van der Waals surface area (Å²) in [6.45, 7) is 2.95. The number of rotatable bonds is 5. The molecule has 24 heavy (non-hydrogen) atoms. The van der Waals surface area contributed by atoms with Crippen LogP contribution in [0.4, 0.5) is 4.39 Å². The molecule has 1 aliphatic heterocycles. The van der Waals surface area contributed by atoms with Crippen molar-refractivity contribution in [3.05, 3.63) is 35.6 Å². The fourth-order valence-electron chi connectivity index (χ4n) is 3.81. The molecular weight excluding hydrogens is 309 g/mol. The maximum absolute atomic E-state index is 14.4. The number of hydrogen-bond acceptors (Lipinski definition) is 4. The van der Waals surface area contributed by atoms with Crippen LogP contribution in [0.5, 0.6) is 0 Å². The zero-order valence-electron chi connectivity index (χ0n) is 13.9. The van der Waals surface area contributed by atoms with E-state index >= 15 is 0 Å². The Bertz CT molecular complexity index is 563. The van der Waals surface area contributed by atoms with Crippen molar-refractivity contribution >= 4 is 5.91 Å². The first-order valence-corrected chi connectivity index (χ1v) is 8.77. The maximum atomic E-state index is 14.4. The van der Waals surface area contributed by atoms with E-state index in [-0.39, 0.29) is 17.8 Å². The van der Waals surface area contributed by atoms with Gasteiger partial charge in [-0.15, -0.1) is 0 Å². The highest BCUT2D eigenvalue weighted by molar-refractivity contribution is 5.83. The van der Waals surface area contributed by atoms with Gasteiger partial charge in [0.05, 0.1) is 13.2 Å². The van der Waals surface area contributed by atoms with Crippen LogP contribution >= 0.6 is 0 Å². The highest BCUT2D eigenvalue weighted by atomic mass is 19.1. The predicted octanol–water partition coefficient (Wildman–Crippen LogP) is 1.44. The molecule has 3 rings (SSSR count). The summed E-state index contributed by atoms with van der Waals surface area (Å²) in [6, 6.07) is 6.01. The summed E-state index contributed by atoms with van der Waals surface area (Å²) in [5, 5.41) is 3.13. The minimum absolute atomic E-state index is 0.0952. The van der Waals surface area contributed by atoms with Crippen LogP contribution in [-0.2, 0) is 9.53 Å². The van der Waals surface area contributed by atoms with Crippen molar-refractivity contribution in [2.45, 2.75) is 31.3 Å². The molecule has 1 amide bonds. The van der Waals surface area contributed by atoms with Gasteiger partial charge in [-0.3, -0.25) is 9.69 Å². The molecule has 0 unspecified atom stereocenters. The first-order chi connectivity index (χ1) is 11.7. The highest BCUT2D eigenvalue weighted by Gasteiger charge is 2.34. The van der Waals surface area contributed by atoms with Crippen molar-refractivity contribution in [1.29, 1.82) is 0 Å². The van der Waals surface area contributed by atoms with Gasteiger partial charge in [0.1, 0.15) is 11.9 Å². The zero-order valence-corrected chi connectivity index (χ0v) is 13.9. The van der Waals surface area contributed by atoms with Crippen LogP contribution in [0, 0.1) is 11.7 Å². The van der Waals surface area contributed by atoms with Crippen molar-refractivity contribution in [3.63, 3.8) is 0 Å². The van der Waals surface area contributed by atoms with Gasteiger partial charge in [0.25, 0.3) is 0 Å². The molecule has 3 atom stereocenters. The number of carbonyl (C=O) groups is 1. The lowest BCUT2D eigenvalue weighted by atomic mass is 10.00. The third-order valence-corrected chi connectivity index (χ3v) is 5.15. The van der Waals surface area contributed by atoms with E-state index in [0.717, 1.165) is 19.3 Å². The molecule has 0 aromatic heterocycles. The largest absolute Gasteiger partial charge is 0.379 e. The van der Waals surface area contributed by atoms with Crippen LogP contribution in [0.3, 0.4) is 0 Å². The standard InChI is InChI=1S/C18H26FN3O2/c19-15-6-2-1-5-14(15)17(22-8-10-24-11-9-22)18(23)21-16-7-3-4-13(16)12-20/h1-2,5-6,13,16-17H,3-4,7-12,20H2,(H,21,23)/t13-,16-,17-/m0/s1. The van der Waals surface area contributed by atoms with E-state index in [1.54, 1.807) is 18.2 Å². The van der Waals surface area contributed by atoms with E-state index in [0.29, 0.717) is 44.3 Å². The van der Waals surface area contributed by atoms with Crippen molar-refractivity contribution in [1.82, 2.24) is 10.2 Å². The number of hydrogen-bond donors (Lipinski definition) is 2. The molecule has 0 bridgehead atoms. The van der Waals surface area contributed by atoms with Crippen molar-refractivity contribution < 1.29 is 13.9 Å². The van der Waals surface area contributed by atoms with E-state index in [2.05, 4.69) is 5.32 Å². The Morgan fingerprint density at radius 2 is 2.08 bits per heavy atom. The summed E-state index contributed by atoms with van der Waals surface area (Å²) >= 11 is 0. The molecule has 1 heterocycles. The Labute approximate surface area is 142 Å². The van der Waals surface area contributed by atoms with Gasteiger partial charge >= 0.3 is 0 Å². The Kier molecular flexibility index (Phi) is 5.81. The zero-order chi connectivity index (χ0) is 16.9. The molecule has 1 saturated heterocycles. The summed E-state index contributed by atoms with van der Waals surface area (Å²) in [5.74, 6) is -0.154. The average molecular weight is 335 g/mol. The Hall–Kier alpha value is -1.50. The summed E-state index contributed by atoms with van der Waals surface area (Å²) in [4.78, 5) is 15.0. The van der Waals surface area contributed by atoms with E-state index in [9.17, 15) is 9.18 Å². The normalized spacial score (nSPS) is 26.2. The van der Waals surface area contributed by atoms with Crippen molar-refractivity contribution in [2.75, 3.05) is 32.8 Å². The number of amides is 1. The second-order valence-electron chi connectivity index (χ2n) is 6.61. The molecule has 1 saturated carbocycles. The Balaban J connectivity index is 1.81. The van der Waals surface area contributed by atoms with E-state index in [4.69, 9.17) is 10.5 Å². The van der Waals surface area contributed by atoms with Crippen molar-refractivity contribution in [2.24, 2.45) is 11.7 Å². The number of nitrogens with one attached hydrogen (secondary N) is 1. The van der Waals surface area contributed by atoms with Crippen molar-refractivity contribution in [3.8, 4) is 0 Å². The fourth-order valence-corrected chi connectivity index (χ4v) is 3.81. The van der Waals surface area contributed by atoms with Gasteiger partial charge in [-0.05, 0) is 31.4 Å². The summed E-state index contributed by atoms with van der Waals surface area (Å²) in [7, 11) is 0. The first-order valence-electron chi connectivity index (χ1n) is 8.77. The average Bonchev–Trinajstić information content (AvgIpc) is 3.05. The molecule has 3 N–H and O–H groups in total. The fraction of sp³-hybridized carbons (Fsp3) is 0.611. The monoisotopic (exact) mass is 335 g/mol. The van der Waals surface area contributed by atoms with Gasteiger partial charge in [0.2, 0.25) is 5.91 Å². The van der Waals surface area contributed by atoms with Crippen LogP contribution in [0.25, 0.3) is 0 Å². The maximum Gasteiger partial charge on any atom is 0.242 e. The minimum atomic E-state index is -0.617. The van der Waals surface area contributed by atoms with Gasteiger partial charge in [-0.2, -0.15) is 0 Å². The SMILES string of the molecule is NC[C@@H]1CCC[C@@H]1NC(=O)[C@H](c1ccccc1F)N1CCOCC1. The molecule has 132 valence electrons. The smallest absolute Gasteiger partial charge is 0.242 e. The molecular formula is C18H26FN3O2. The molecule has 6 heteroatoms. The number of ether oxygens (including phenoxy) is 1. The lowest BCUT2D eigenvalue weighted by Crippen LogP contribution is -2.49. The van der Waals surface area contributed by atoms with Gasteiger partial charge in [-0.1, -0.05) is 24.6 Å². The number of morpholine rings is 1. The lowest BCUT2D eigenvalue weighted by molar-refractivity contribution is -0.129. The van der Waals surface area contributed by atoms with Crippen LogP contribution in [0.15, 0.2) is 24.3 Å². The van der Waals surface area contributed by atoms with Crippen LogP contribution in [0.1, 0.15) is 30.9 Å². The molecule has 0 spiro atoms. The molecule has 1 aliphatic carbocycles. The van der Waals surface area contributed by atoms with Gasteiger partial charge < -0.3 is 15.8 Å². The molecule has 2 aliphatic rings. The number of nitrogens with zero attached hydrogens (tertiary/aromatic N) is 1. The van der Waals surface area contributed by atoms with Gasteiger partial charge in [0, 0.05) is 24.7 Å². The molecule has 0 radical (unpaired) electrons. The van der Waals surface area contributed by atoms with Gasteiger partial charge in [0.15, 0.2) is 0 Å². The number of nitrogens with two attached hydrogens (primary N) is 1. The Morgan fingerprint density at radius 3 is 2.79 bits per heavy atom. The van der Waals surface area contributed by atoms with Crippen LogP contribution in [-0.4, -0.2) is 49.7 Å². The number of halogens is 1. The van der Waals surface area contributed by atoms with Crippen LogP contribution < -0.4 is 11.1 Å². The van der Waals surface area contributed by atoms with Crippen LogP contribution in [0.2, 0.25) is 0 Å². The topological polar surface area (TPSA) is 67.6 Å². The second kappa shape index (κ2) is 8.05. The predicted molar refractivity (Wildman–Crippen MR) is 89.9 cm³/mol. The van der Waals surface area contributed by atoms with E-state index < -0.39 is 6.04 Å². The quantitative estimate of drug-likeness (QED) is 0.854. The van der Waals surface area contributed by atoms with Gasteiger partial charge in [-0.25, -0.2) is 4.39 Å². The molecule has 5 nitrogen and oxygen atoms in total. The molecule has 2 fully saturated rings. The van der Waals surface area contributed by atoms with E-state index in [1.807, 2.05) is 4.90 Å². The highest BCUT2D eigenvalue weighted by Crippen LogP contribution is 2.28. The molecule has 1 aromatic carbocycles. The number of carbonyl (C=O) groups excluding carboxylic acids is 1. The summed E-state index contributed by atoms with van der Waals surface area (Å²) in [6.07, 6.45) is 3.07. The second-order valence-corrected chi connectivity index (χ2v) is 6.61. The van der Waals surface area contributed by atoms with E-state index in [1.165, 1.54) is 6.07 Å². The first kappa shape index (κ1) is 17.3. The third kappa shape index (κ3) is 3.77. The minimum Gasteiger partial charge on any atom is -0.379 e. The lowest BCUT2D eigenvalue weighted by Gasteiger charge is -2.35. The number of benzene rings is 1. The summed E-state index contributed by atoms with van der Waals surface area (Å²) in [5.41, 5.74) is 6.25. The third-order valence-electron chi connectivity index (χ3n) is 5.15. The molecule has 1 aromatic rings.